The number of hydrogen-bond acceptors (Lipinski definition) is 5. The van der Waals surface area contributed by atoms with Gasteiger partial charge in [-0.05, 0) is 18.2 Å². The van der Waals surface area contributed by atoms with Crippen LogP contribution in [0.15, 0.2) is 30.9 Å². The lowest BCUT2D eigenvalue weighted by Crippen LogP contribution is -2.25. The van der Waals surface area contributed by atoms with Crippen molar-refractivity contribution < 1.29 is 23.9 Å². The number of carbonyl (C=O) groups is 3. The van der Waals surface area contributed by atoms with E-state index in [4.69, 9.17) is 4.74 Å². The maximum Gasteiger partial charge on any atom is 0.294 e. The van der Waals surface area contributed by atoms with E-state index in [1.165, 1.54) is 12.1 Å². The third-order valence-corrected chi connectivity index (χ3v) is 2.56. The van der Waals surface area contributed by atoms with E-state index in [-0.39, 0.29) is 17.6 Å². The van der Waals surface area contributed by atoms with Crippen molar-refractivity contribution in [2.24, 2.45) is 0 Å². The highest BCUT2D eigenvalue weighted by molar-refractivity contribution is 6.29. The van der Waals surface area contributed by atoms with E-state index in [2.05, 4.69) is 11.3 Å². The minimum absolute atomic E-state index is 0.0987. The Morgan fingerprint density at radius 1 is 1.22 bits per heavy atom. The van der Waals surface area contributed by atoms with Gasteiger partial charge in [-0.15, -0.1) is 0 Å². The van der Waals surface area contributed by atoms with Gasteiger partial charge in [0.25, 0.3) is 6.47 Å². The second-order valence-corrected chi connectivity index (χ2v) is 3.65. The van der Waals surface area contributed by atoms with Crippen LogP contribution in [0.4, 0.5) is 0 Å². The van der Waals surface area contributed by atoms with Gasteiger partial charge < -0.3 is 9.47 Å². The summed E-state index contributed by atoms with van der Waals surface area (Å²) < 4.78 is 9.76. The molecule has 2 rings (SSSR count). The molecular weight excluding hydrogens is 236 g/mol. The van der Waals surface area contributed by atoms with E-state index < -0.39 is 17.7 Å². The van der Waals surface area contributed by atoms with Gasteiger partial charge >= 0.3 is 0 Å². The summed E-state index contributed by atoms with van der Waals surface area (Å²) in [7, 11) is 0. The van der Waals surface area contributed by atoms with Crippen LogP contribution in [-0.4, -0.2) is 30.7 Å². The van der Waals surface area contributed by atoms with E-state index in [0.29, 0.717) is 12.4 Å². The normalized spacial score (nSPS) is 17.2. The molecule has 0 aromatic heterocycles. The van der Waals surface area contributed by atoms with Crippen LogP contribution in [0.1, 0.15) is 20.7 Å². The fraction of sp³-hybridized carbons (Fsp3) is 0.154. The molecule has 18 heavy (non-hydrogen) atoms. The smallest absolute Gasteiger partial charge is 0.294 e. The fourth-order valence-corrected chi connectivity index (χ4v) is 1.77. The molecule has 0 saturated carbocycles. The summed E-state index contributed by atoms with van der Waals surface area (Å²) in [6, 6.07) is 4.53. The van der Waals surface area contributed by atoms with Crippen LogP contribution in [0.5, 0.6) is 5.75 Å². The Morgan fingerprint density at radius 3 is 2.61 bits per heavy atom. The van der Waals surface area contributed by atoms with E-state index in [0.717, 1.165) is 0 Å². The Balaban J connectivity index is 2.33. The highest BCUT2D eigenvalue weighted by Crippen LogP contribution is 2.27. The Hall–Kier alpha value is -2.43. The lowest BCUT2D eigenvalue weighted by Gasteiger charge is -2.04. The predicted octanol–water partition coefficient (Wildman–Crippen LogP) is 1.17. The van der Waals surface area contributed by atoms with Crippen molar-refractivity contribution >= 4 is 18.0 Å². The van der Waals surface area contributed by atoms with E-state index in [9.17, 15) is 14.4 Å². The zero-order chi connectivity index (χ0) is 13.1. The molecular formula is C13H10O5. The van der Waals surface area contributed by atoms with E-state index in [1.807, 2.05) is 0 Å². The molecule has 0 N–H and O–H groups in total. The number of rotatable bonds is 5. The molecule has 0 amide bonds. The van der Waals surface area contributed by atoms with Crippen molar-refractivity contribution in [2.45, 2.75) is 6.10 Å². The second kappa shape index (κ2) is 4.83. The van der Waals surface area contributed by atoms with Crippen molar-refractivity contribution in [1.82, 2.24) is 0 Å². The molecule has 0 radical (unpaired) electrons. The van der Waals surface area contributed by atoms with Crippen LogP contribution in [0, 0.1) is 0 Å². The standard InChI is InChI=1S/C13H10O5/c1-2-5-17-8-3-4-9-10(6-8)12(16)13(11(9)15)18-7-14/h2-4,6-7,13H,1,5H2. The molecule has 1 atom stereocenters. The van der Waals surface area contributed by atoms with Crippen LogP contribution >= 0.6 is 0 Å². The summed E-state index contributed by atoms with van der Waals surface area (Å²) in [6.45, 7) is 3.91. The molecule has 0 spiro atoms. The molecule has 1 aliphatic rings. The van der Waals surface area contributed by atoms with Crippen molar-refractivity contribution in [2.75, 3.05) is 6.61 Å². The van der Waals surface area contributed by atoms with Crippen molar-refractivity contribution in [3.8, 4) is 5.75 Å². The van der Waals surface area contributed by atoms with E-state index >= 15 is 0 Å². The average molecular weight is 246 g/mol. The Morgan fingerprint density at radius 2 is 1.94 bits per heavy atom. The van der Waals surface area contributed by atoms with Gasteiger partial charge in [-0.1, -0.05) is 12.7 Å². The van der Waals surface area contributed by atoms with Crippen molar-refractivity contribution in [1.29, 1.82) is 0 Å². The van der Waals surface area contributed by atoms with Crippen LogP contribution in [0.3, 0.4) is 0 Å². The Labute approximate surface area is 103 Å². The predicted molar refractivity (Wildman–Crippen MR) is 61.7 cm³/mol. The highest BCUT2D eigenvalue weighted by atomic mass is 16.5. The number of fused-ring (bicyclic) bond motifs is 1. The number of hydrogen-bond donors (Lipinski definition) is 0. The second-order valence-electron chi connectivity index (χ2n) is 3.65. The average Bonchev–Trinajstić information content (AvgIpc) is 2.62. The third-order valence-electron chi connectivity index (χ3n) is 2.56. The third kappa shape index (κ3) is 1.90. The number of Topliss-reactive ketones (excluding diaryl/α,β-unsaturated/α-hetero) is 2. The zero-order valence-corrected chi connectivity index (χ0v) is 9.42. The molecule has 5 nitrogen and oxygen atoms in total. The summed E-state index contributed by atoms with van der Waals surface area (Å²) in [5.41, 5.74) is 0.464. The lowest BCUT2D eigenvalue weighted by molar-refractivity contribution is -0.130. The lowest BCUT2D eigenvalue weighted by atomic mass is 10.1. The Kier molecular flexibility index (Phi) is 3.23. The molecule has 1 aromatic carbocycles. The molecule has 92 valence electrons. The molecule has 5 heteroatoms. The van der Waals surface area contributed by atoms with Gasteiger partial charge in [-0.2, -0.15) is 0 Å². The first-order valence-electron chi connectivity index (χ1n) is 5.24. The van der Waals surface area contributed by atoms with Gasteiger partial charge in [0.1, 0.15) is 12.4 Å². The van der Waals surface area contributed by atoms with Gasteiger partial charge in [0.2, 0.25) is 17.7 Å². The molecule has 1 unspecified atom stereocenters. The SMILES string of the molecule is C=CCOc1ccc2c(c1)C(=O)C(OC=O)C2=O. The first-order valence-corrected chi connectivity index (χ1v) is 5.24. The van der Waals surface area contributed by atoms with Crippen molar-refractivity contribution in [3.05, 3.63) is 42.0 Å². The summed E-state index contributed by atoms with van der Waals surface area (Å²) >= 11 is 0. The van der Waals surface area contributed by atoms with Gasteiger partial charge in [-0.3, -0.25) is 14.4 Å². The van der Waals surface area contributed by atoms with Crippen LogP contribution in [0.2, 0.25) is 0 Å². The first-order chi connectivity index (χ1) is 8.69. The molecule has 1 aromatic rings. The monoisotopic (exact) mass is 246 g/mol. The topological polar surface area (TPSA) is 69.7 Å². The number of ketones is 2. The molecule has 0 fully saturated rings. The van der Waals surface area contributed by atoms with Gasteiger partial charge in [-0.25, -0.2) is 0 Å². The Bertz CT molecular complexity index is 532. The molecule has 1 aliphatic carbocycles. The summed E-state index contributed by atoms with van der Waals surface area (Å²) in [5.74, 6) is -0.565. The number of ether oxygens (including phenoxy) is 2. The molecule has 0 bridgehead atoms. The highest BCUT2D eigenvalue weighted by Gasteiger charge is 2.40. The summed E-state index contributed by atoms with van der Waals surface area (Å²) in [5, 5.41) is 0. The quantitative estimate of drug-likeness (QED) is 0.443. The molecule has 0 heterocycles. The van der Waals surface area contributed by atoms with Gasteiger partial charge in [0, 0.05) is 11.1 Å². The summed E-state index contributed by atoms with van der Waals surface area (Å²) in [6.07, 6.45) is 0.213. The fourth-order valence-electron chi connectivity index (χ4n) is 1.77. The van der Waals surface area contributed by atoms with Crippen LogP contribution in [0.25, 0.3) is 0 Å². The first kappa shape index (κ1) is 12.0. The zero-order valence-electron chi connectivity index (χ0n) is 9.42. The van der Waals surface area contributed by atoms with Crippen LogP contribution < -0.4 is 4.74 Å². The van der Waals surface area contributed by atoms with Gasteiger partial charge in [0.05, 0.1) is 0 Å². The maximum absolute atomic E-state index is 11.8. The molecule has 0 aliphatic heterocycles. The number of carbonyl (C=O) groups excluding carboxylic acids is 3. The summed E-state index contributed by atoms with van der Waals surface area (Å²) in [4.78, 5) is 33.9. The van der Waals surface area contributed by atoms with Crippen molar-refractivity contribution in [3.63, 3.8) is 0 Å². The van der Waals surface area contributed by atoms with Crippen LogP contribution in [-0.2, 0) is 9.53 Å². The molecule has 0 saturated heterocycles. The maximum atomic E-state index is 11.8. The minimum atomic E-state index is -1.35. The minimum Gasteiger partial charge on any atom is -0.490 e. The van der Waals surface area contributed by atoms with Gasteiger partial charge in [0.15, 0.2) is 0 Å². The van der Waals surface area contributed by atoms with E-state index in [1.54, 1.807) is 12.1 Å². The largest absolute Gasteiger partial charge is 0.490 e. The number of benzene rings is 1.